The third kappa shape index (κ3) is 37.3. The molecule has 2 atom stereocenters. The molecular formula is C46H83NO3. The molecule has 0 spiro atoms. The van der Waals surface area contributed by atoms with E-state index in [1.165, 1.54) is 116 Å². The minimum absolute atomic E-state index is 0.0887. The zero-order valence-electron chi connectivity index (χ0n) is 33.2. The van der Waals surface area contributed by atoms with Crippen LogP contribution in [0.15, 0.2) is 60.8 Å². The number of nitrogens with one attached hydrogen (secondary N) is 1. The topological polar surface area (TPSA) is 69.6 Å². The van der Waals surface area contributed by atoms with E-state index in [0.717, 1.165) is 70.6 Å². The standard InChI is InChI=1S/C46H83NO3/c1-3-5-7-9-11-13-15-17-19-21-22-23-24-26-27-29-31-33-35-37-39-41-45(49)44(43-48)47-46(50)42-40-38-36-34-32-30-28-25-20-18-16-14-12-10-8-6-4-2/h6,8,12,14,18,20,28,30,39,41,44-45,48-49H,3-5,7,9-11,13,15-17,19,21-27,29,31-38,40,42-43H2,1-2H3,(H,47,50)/b8-6-,14-12-,20-18-,30-28-,41-39+. The maximum atomic E-state index is 12.4. The third-order valence-corrected chi connectivity index (χ3v) is 9.51. The normalized spacial score (nSPS) is 13.6. The number of hydrogen-bond donors (Lipinski definition) is 3. The zero-order chi connectivity index (χ0) is 36.4. The van der Waals surface area contributed by atoms with Gasteiger partial charge in [-0.3, -0.25) is 4.79 Å². The number of aliphatic hydroxyl groups excluding tert-OH is 2. The summed E-state index contributed by atoms with van der Waals surface area (Å²) in [5.41, 5.74) is 0. The average Bonchev–Trinajstić information content (AvgIpc) is 3.12. The molecule has 2 unspecified atom stereocenters. The smallest absolute Gasteiger partial charge is 0.220 e. The van der Waals surface area contributed by atoms with Crippen molar-refractivity contribution in [3.63, 3.8) is 0 Å². The van der Waals surface area contributed by atoms with Crippen molar-refractivity contribution in [2.24, 2.45) is 0 Å². The second kappa shape index (κ2) is 41.5. The number of rotatable bonds is 38. The Kier molecular flexibility index (Phi) is 39.9. The molecule has 0 aromatic carbocycles. The summed E-state index contributed by atoms with van der Waals surface area (Å²) in [5.74, 6) is -0.0887. The summed E-state index contributed by atoms with van der Waals surface area (Å²) < 4.78 is 0. The molecule has 3 N–H and O–H groups in total. The molecule has 4 nitrogen and oxygen atoms in total. The maximum absolute atomic E-state index is 12.4. The molecule has 0 saturated carbocycles. The van der Waals surface area contributed by atoms with E-state index in [0.29, 0.717) is 6.42 Å². The van der Waals surface area contributed by atoms with Crippen LogP contribution < -0.4 is 5.32 Å². The quantitative estimate of drug-likeness (QED) is 0.0444. The van der Waals surface area contributed by atoms with Crippen molar-refractivity contribution in [1.82, 2.24) is 5.32 Å². The zero-order valence-corrected chi connectivity index (χ0v) is 33.2. The van der Waals surface area contributed by atoms with Gasteiger partial charge < -0.3 is 15.5 Å². The van der Waals surface area contributed by atoms with E-state index in [1.54, 1.807) is 6.08 Å². The van der Waals surface area contributed by atoms with Crippen LogP contribution in [0.5, 0.6) is 0 Å². The number of amides is 1. The van der Waals surface area contributed by atoms with Gasteiger partial charge in [0.2, 0.25) is 5.91 Å². The minimum Gasteiger partial charge on any atom is -0.394 e. The Labute approximate surface area is 311 Å². The van der Waals surface area contributed by atoms with Gasteiger partial charge in [0.1, 0.15) is 0 Å². The number of unbranched alkanes of at least 4 members (excludes halogenated alkanes) is 23. The van der Waals surface area contributed by atoms with Crippen LogP contribution in [0.1, 0.15) is 206 Å². The lowest BCUT2D eigenvalue weighted by Crippen LogP contribution is -2.45. The first-order chi connectivity index (χ1) is 24.7. The molecule has 0 rings (SSSR count). The second-order valence-corrected chi connectivity index (χ2v) is 14.4. The molecule has 1 amide bonds. The molecule has 0 aliphatic carbocycles. The Morgan fingerprint density at radius 1 is 0.500 bits per heavy atom. The van der Waals surface area contributed by atoms with Gasteiger partial charge in [0.25, 0.3) is 0 Å². The van der Waals surface area contributed by atoms with E-state index < -0.39 is 12.1 Å². The van der Waals surface area contributed by atoms with Crippen molar-refractivity contribution >= 4 is 5.91 Å². The lowest BCUT2D eigenvalue weighted by molar-refractivity contribution is -0.123. The van der Waals surface area contributed by atoms with E-state index >= 15 is 0 Å². The first-order valence-electron chi connectivity index (χ1n) is 21.5. The van der Waals surface area contributed by atoms with Gasteiger partial charge in [0.05, 0.1) is 18.8 Å². The van der Waals surface area contributed by atoms with Crippen LogP contribution in [-0.4, -0.2) is 34.9 Å². The van der Waals surface area contributed by atoms with Crippen molar-refractivity contribution in [2.45, 2.75) is 219 Å². The van der Waals surface area contributed by atoms with E-state index in [4.69, 9.17) is 0 Å². The third-order valence-electron chi connectivity index (χ3n) is 9.51. The number of aliphatic hydroxyl groups is 2. The van der Waals surface area contributed by atoms with Crippen molar-refractivity contribution in [2.75, 3.05) is 6.61 Å². The van der Waals surface area contributed by atoms with Gasteiger partial charge in [-0.2, -0.15) is 0 Å². The van der Waals surface area contributed by atoms with E-state index in [9.17, 15) is 15.0 Å². The van der Waals surface area contributed by atoms with Crippen LogP contribution in [0.2, 0.25) is 0 Å². The number of allylic oxidation sites excluding steroid dienone is 9. The van der Waals surface area contributed by atoms with Crippen LogP contribution in [0.3, 0.4) is 0 Å². The van der Waals surface area contributed by atoms with Crippen LogP contribution in [-0.2, 0) is 4.79 Å². The fraction of sp³-hybridized carbons (Fsp3) is 0.761. The maximum Gasteiger partial charge on any atom is 0.220 e. The van der Waals surface area contributed by atoms with Gasteiger partial charge in [-0.25, -0.2) is 0 Å². The molecule has 0 aromatic heterocycles. The van der Waals surface area contributed by atoms with E-state index in [1.807, 2.05) is 6.08 Å². The van der Waals surface area contributed by atoms with Crippen LogP contribution in [0, 0.1) is 0 Å². The first kappa shape index (κ1) is 48.1. The van der Waals surface area contributed by atoms with Gasteiger partial charge >= 0.3 is 0 Å². The lowest BCUT2D eigenvalue weighted by Gasteiger charge is -2.20. The van der Waals surface area contributed by atoms with Crippen molar-refractivity contribution in [3.8, 4) is 0 Å². The van der Waals surface area contributed by atoms with Crippen LogP contribution in [0.4, 0.5) is 0 Å². The van der Waals surface area contributed by atoms with Crippen molar-refractivity contribution < 1.29 is 15.0 Å². The van der Waals surface area contributed by atoms with Gasteiger partial charge in [-0.05, 0) is 57.8 Å². The summed E-state index contributed by atoms with van der Waals surface area (Å²) in [7, 11) is 0. The van der Waals surface area contributed by atoms with Crippen molar-refractivity contribution in [3.05, 3.63) is 60.8 Å². The highest BCUT2D eigenvalue weighted by atomic mass is 16.3. The molecular weight excluding hydrogens is 615 g/mol. The molecule has 290 valence electrons. The summed E-state index contributed by atoms with van der Waals surface area (Å²) in [6, 6.07) is -0.637. The summed E-state index contributed by atoms with van der Waals surface area (Å²) in [4.78, 5) is 12.4. The van der Waals surface area contributed by atoms with Gasteiger partial charge in [-0.1, -0.05) is 203 Å². The average molecular weight is 698 g/mol. The van der Waals surface area contributed by atoms with E-state index in [2.05, 4.69) is 67.8 Å². The summed E-state index contributed by atoms with van der Waals surface area (Å²) >= 11 is 0. The van der Waals surface area contributed by atoms with Gasteiger partial charge in [0, 0.05) is 6.42 Å². The molecule has 0 aromatic rings. The Morgan fingerprint density at radius 3 is 1.32 bits per heavy atom. The predicted molar refractivity (Wildman–Crippen MR) is 221 cm³/mol. The van der Waals surface area contributed by atoms with Crippen LogP contribution >= 0.6 is 0 Å². The summed E-state index contributed by atoms with van der Waals surface area (Å²) in [5, 5.41) is 23.0. The molecule has 0 fully saturated rings. The Morgan fingerprint density at radius 2 is 0.880 bits per heavy atom. The Hall–Kier alpha value is -1.91. The summed E-state index contributed by atoms with van der Waals surface area (Å²) in [6.45, 7) is 4.18. The molecule has 0 saturated heterocycles. The van der Waals surface area contributed by atoms with Gasteiger partial charge in [0.15, 0.2) is 0 Å². The van der Waals surface area contributed by atoms with E-state index in [-0.39, 0.29) is 12.5 Å². The second-order valence-electron chi connectivity index (χ2n) is 14.4. The fourth-order valence-electron chi connectivity index (χ4n) is 6.23. The monoisotopic (exact) mass is 698 g/mol. The Bertz CT molecular complexity index is 842. The molecule has 4 heteroatoms. The summed E-state index contributed by atoms with van der Waals surface area (Å²) in [6.07, 6.45) is 57.5. The Balaban J connectivity index is 3.62. The molecule has 50 heavy (non-hydrogen) atoms. The van der Waals surface area contributed by atoms with Crippen LogP contribution in [0.25, 0.3) is 0 Å². The number of carbonyl (C=O) groups is 1. The molecule has 0 aliphatic heterocycles. The number of carbonyl (C=O) groups excluding carboxylic acids is 1. The van der Waals surface area contributed by atoms with Crippen molar-refractivity contribution in [1.29, 1.82) is 0 Å². The predicted octanol–water partition coefficient (Wildman–Crippen LogP) is 13.3. The molecule has 0 bridgehead atoms. The SMILES string of the molecule is CC/C=C\C/C=C\C/C=C\C/C=C\CCCCCCC(=O)NC(CO)C(O)/C=C/CCCCCCCCCCCCCCCCCCCCC. The highest BCUT2D eigenvalue weighted by molar-refractivity contribution is 5.76. The highest BCUT2D eigenvalue weighted by Gasteiger charge is 2.17. The molecule has 0 aliphatic rings. The molecule has 0 heterocycles. The number of hydrogen-bond acceptors (Lipinski definition) is 3. The molecule has 0 radical (unpaired) electrons. The first-order valence-corrected chi connectivity index (χ1v) is 21.5. The van der Waals surface area contributed by atoms with Gasteiger partial charge in [-0.15, -0.1) is 0 Å². The fourth-order valence-corrected chi connectivity index (χ4v) is 6.23. The minimum atomic E-state index is -0.852. The lowest BCUT2D eigenvalue weighted by atomic mass is 10.0. The highest BCUT2D eigenvalue weighted by Crippen LogP contribution is 2.15. The largest absolute Gasteiger partial charge is 0.394 e.